The Bertz CT molecular complexity index is 556. The molecule has 2 aliphatic rings. The normalized spacial score (nSPS) is 22.4. The number of benzene rings is 1. The molecule has 2 aliphatic heterocycles. The van der Waals surface area contributed by atoms with Crippen LogP contribution in [0.1, 0.15) is 12.8 Å². The molecule has 1 aromatic carbocycles. The van der Waals surface area contributed by atoms with Crippen molar-refractivity contribution in [2.24, 2.45) is 0 Å². The first-order chi connectivity index (χ1) is 9.35. The molecule has 19 heavy (non-hydrogen) atoms. The van der Waals surface area contributed by atoms with Gasteiger partial charge in [-0.3, -0.25) is 0 Å². The van der Waals surface area contributed by atoms with E-state index in [1.807, 2.05) is 24.3 Å². The molecule has 4 rings (SSSR count). The van der Waals surface area contributed by atoms with Gasteiger partial charge in [-0.2, -0.15) is 4.98 Å². The minimum atomic E-state index is -0.446. The van der Waals surface area contributed by atoms with Crippen LogP contribution in [0.5, 0.6) is 0 Å². The molecule has 1 aromatic heterocycles. The van der Waals surface area contributed by atoms with Gasteiger partial charge in [0.2, 0.25) is 0 Å². The van der Waals surface area contributed by atoms with E-state index in [9.17, 15) is 0 Å². The molecule has 0 aliphatic carbocycles. The third-order valence-electron chi connectivity index (χ3n) is 3.78. The fourth-order valence-corrected chi connectivity index (χ4v) is 2.88. The van der Waals surface area contributed by atoms with Gasteiger partial charge in [0.1, 0.15) is 5.52 Å². The molecule has 1 spiro atoms. The third-order valence-corrected chi connectivity index (χ3v) is 3.78. The Morgan fingerprint density at radius 3 is 2.84 bits per heavy atom. The number of aromatic nitrogens is 1. The quantitative estimate of drug-likeness (QED) is 0.786. The van der Waals surface area contributed by atoms with Gasteiger partial charge in [0.05, 0.1) is 19.8 Å². The number of nitrogens with zero attached hydrogens (tertiary/aromatic N) is 2. The first kappa shape index (κ1) is 11.3. The summed E-state index contributed by atoms with van der Waals surface area (Å²) in [6.45, 7) is 2.99. The van der Waals surface area contributed by atoms with Crippen molar-refractivity contribution in [3.63, 3.8) is 0 Å². The van der Waals surface area contributed by atoms with Gasteiger partial charge in [0.25, 0.3) is 6.01 Å². The average molecular weight is 260 g/mol. The largest absolute Gasteiger partial charge is 0.423 e. The van der Waals surface area contributed by atoms with Crippen LogP contribution in [0.15, 0.2) is 28.7 Å². The fourth-order valence-electron chi connectivity index (χ4n) is 2.88. The topological polar surface area (TPSA) is 47.7 Å². The van der Waals surface area contributed by atoms with E-state index in [-0.39, 0.29) is 0 Å². The predicted octanol–water partition coefficient (Wildman–Crippen LogP) is 2.17. The summed E-state index contributed by atoms with van der Waals surface area (Å²) in [6, 6.07) is 8.49. The molecule has 0 bridgehead atoms. The summed E-state index contributed by atoms with van der Waals surface area (Å²) in [5, 5.41) is 0. The van der Waals surface area contributed by atoms with E-state index in [1.54, 1.807) is 0 Å². The first-order valence-corrected chi connectivity index (χ1v) is 6.73. The lowest BCUT2D eigenvalue weighted by Gasteiger charge is -2.37. The maximum Gasteiger partial charge on any atom is 0.298 e. The van der Waals surface area contributed by atoms with Crippen molar-refractivity contribution in [3.05, 3.63) is 24.3 Å². The molecule has 0 amide bonds. The van der Waals surface area contributed by atoms with Crippen LogP contribution in [-0.2, 0) is 9.47 Å². The van der Waals surface area contributed by atoms with Crippen LogP contribution >= 0.6 is 0 Å². The van der Waals surface area contributed by atoms with Crippen LogP contribution in [0.25, 0.3) is 11.1 Å². The number of rotatable bonds is 1. The summed E-state index contributed by atoms with van der Waals surface area (Å²) in [4.78, 5) is 6.66. The highest BCUT2D eigenvalue weighted by atomic mass is 16.7. The second-order valence-corrected chi connectivity index (χ2v) is 5.10. The molecule has 2 aromatic rings. The Morgan fingerprint density at radius 2 is 2.00 bits per heavy atom. The van der Waals surface area contributed by atoms with Crippen molar-refractivity contribution in [1.82, 2.24) is 4.98 Å². The van der Waals surface area contributed by atoms with Crippen molar-refractivity contribution in [3.8, 4) is 0 Å². The van der Waals surface area contributed by atoms with Gasteiger partial charge in [-0.25, -0.2) is 0 Å². The van der Waals surface area contributed by atoms with Crippen molar-refractivity contribution >= 4 is 17.1 Å². The second kappa shape index (κ2) is 4.21. The zero-order chi connectivity index (χ0) is 12.7. The zero-order valence-electron chi connectivity index (χ0n) is 10.7. The number of oxazole rings is 1. The highest BCUT2D eigenvalue weighted by Gasteiger charge is 2.41. The summed E-state index contributed by atoms with van der Waals surface area (Å²) >= 11 is 0. The van der Waals surface area contributed by atoms with Crippen LogP contribution in [0.2, 0.25) is 0 Å². The van der Waals surface area contributed by atoms with E-state index >= 15 is 0 Å². The van der Waals surface area contributed by atoms with Crippen LogP contribution in [-0.4, -0.2) is 37.1 Å². The average Bonchev–Trinajstić information content (AvgIpc) is 3.05. The molecule has 3 heterocycles. The van der Waals surface area contributed by atoms with Gasteiger partial charge >= 0.3 is 0 Å². The maximum atomic E-state index is 5.81. The van der Waals surface area contributed by atoms with E-state index < -0.39 is 5.79 Å². The molecule has 5 nitrogen and oxygen atoms in total. The van der Waals surface area contributed by atoms with Crippen molar-refractivity contribution in [2.45, 2.75) is 18.6 Å². The molecule has 0 unspecified atom stereocenters. The SMILES string of the molecule is c1ccc2oc(N3CCCC4(C3)OCCO4)nc2c1. The lowest BCUT2D eigenvalue weighted by atomic mass is 10.1. The van der Waals surface area contributed by atoms with Gasteiger partial charge in [0.15, 0.2) is 11.4 Å². The minimum absolute atomic E-state index is 0.446. The monoisotopic (exact) mass is 260 g/mol. The number of hydrogen-bond acceptors (Lipinski definition) is 5. The number of piperidine rings is 1. The van der Waals surface area contributed by atoms with E-state index in [2.05, 4.69) is 9.88 Å². The summed E-state index contributed by atoms with van der Waals surface area (Å²) in [7, 11) is 0. The molecule has 0 atom stereocenters. The second-order valence-electron chi connectivity index (χ2n) is 5.10. The molecule has 2 saturated heterocycles. The predicted molar refractivity (Wildman–Crippen MR) is 70.1 cm³/mol. The summed E-state index contributed by atoms with van der Waals surface area (Å²) in [6.07, 6.45) is 1.97. The Kier molecular flexibility index (Phi) is 2.50. The van der Waals surface area contributed by atoms with E-state index in [4.69, 9.17) is 13.9 Å². The van der Waals surface area contributed by atoms with E-state index in [0.717, 1.165) is 30.5 Å². The summed E-state index contributed by atoms with van der Waals surface area (Å²) in [5.41, 5.74) is 1.72. The maximum absolute atomic E-state index is 5.81. The molecule has 2 fully saturated rings. The summed E-state index contributed by atoms with van der Waals surface area (Å²) < 4.78 is 17.4. The molecule has 100 valence electrons. The summed E-state index contributed by atoms with van der Waals surface area (Å²) in [5.74, 6) is -0.446. The van der Waals surface area contributed by atoms with E-state index in [0.29, 0.717) is 25.8 Å². The van der Waals surface area contributed by atoms with Gasteiger partial charge < -0.3 is 18.8 Å². The number of hydrogen-bond donors (Lipinski definition) is 0. The van der Waals surface area contributed by atoms with Crippen molar-refractivity contribution in [2.75, 3.05) is 31.2 Å². The standard InChI is InChI=1S/C14H16N2O3/c1-2-5-12-11(4-1)15-13(19-12)16-7-3-6-14(10-16)17-8-9-18-14/h1-2,4-5H,3,6-10H2. The first-order valence-electron chi connectivity index (χ1n) is 6.73. The van der Waals surface area contributed by atoms with Gasteiger partial charge in [-0.15, -0.1) is 0 Å². The molecule has 0 saturated carbocycles. The van der Waals surface area contributed by atoms with Crippen LogP contribution in [0, 0.1) is 0 Å². The Morgan fingerprint density at radius 1 is 1.16 bits per heavy atom. The molecular weight excluding hydrogens is 244 g/mol. The van der Waals surface area contributed by atoms with Crippen LogP contribution in [0.3, 0.4) is 0 Å². The Balaban J connectivity index is 1.64. The smallest absolute Gasteiger partial charge is 0.298 e. The van der Waals surface area contributed by atoms with Crippen LogP contribution in [0.4, 0.5) is 6.01 Å². The Labute approximate surface area is 111 Å². The molecule has 0 N–H and O–H groups in total. The van der Waals surface area contributed by atoms with Gasteiger partial charge in [-0.05, 0) is 18.6 Å². The number of para-hydroxylation sites is 2. The minimum Gasteiger partial charge on any atom is -0.423 e. The Hall–Kier alpha value is -1.59. The lowest BCUT2D eigenvalue weighted by molar-refractivity contribution is -0.161. The molecule has 5 heteroatoms. The van der Waals surface area contributed by atoms with Crippen LogP contribution < -0.4 is 4.90 Å². The molecular formula is C14H16N2O3. The molecule has 0 radical (unpaired) electrons. The van der Waals surface area contributed by atoms with Crippen molar-refractivity contribution in [1.29, 1.82) is 0 Å². The third kappa shape index (κ3) is 1.89. The number of ether oxygens (including phenoxy) is 2. The fraction of sp³-hybridized carbons (Fsp3) is 0.500. The van der Waals surface area contributed by atoms with Gasteiger partial charge in [-0.1, -0.05) is 12.1 Å². The highest BCUT2D eigenvalue weighted by Crippen LogP contribution is 2.33. The van der Waals surface area contributed by atoms with E-state index in [1.165, 1.54) is 0 Å². The lowest BCUT2D eigenvalue weighted by Crippen LogP contribution is -2.49. The van der Waals surface area contributed by atoms with Crippen molar-refractivity contribution < 1.29 is 13.9 Å². The number of fused-ring (bicyclic) bond motifs is 1. The van der Waals surface area contributed by atoms with Gasteiger partial charge in [0, 0.05) is 13.0 Å². The zero-order valence-corrected chi connectivity index (χ0v) is 10.7. The highest BCUT2D eigenvalue weighted by molar-refractivity contribution is 5.74. The number of anilines is 1.